The van der Waals surface area contributed by atoms with Crippen molar-refractivity contribution in [1.29, 1.82) is 0 Å². The highest BCUT2D eigenvalue weighted by atomic mass is 16.5. The number of allylic oxidation sites excluding steroid dienone is 1. The maximum Gasteiger partial charge on any atom is 0.222 e. The maximum atomic E-state index is 4.99. The fourth-order valence-electron chi connectivity index (χ4n) is 1.81. The van der Waals surface area contributed by atoms with Crippen LogP contribution in [0.15, 0.2) is 24.0 Å². The van der Waals surface area contributed by atoms with Crippen LogP contribution < -0.4 is 10.1 Å². The van der Waals surface area contributed by atoms with E-state index in [0.29, 0.717) is 11.7 Å². The van der Waals surface area contributed by atoms with Crippen molar-refractivity contribution >= 4 is 5.95 Å². The maximum absolute atomic E-state index is 4.99. The molecule has 1 N–H and O–H groups in total. The lowest BCUT2D eigenvalue weighted by atomic mass is 10.2. The van der Waals surface area contributed by atoms with Gasteiger partial charge in [-0.05, 0) is 25.7 Å². The first-order valence-corrected chi connectivity index (χ1v) is 5.66. The zero-order valence-corrected chi connectivity index (χ0v) is 9.57. The molecule has 0 aromatic carbocycles. The molecule has 0 fully saturated rings. The van der Waals surface area contributed by atoms with Gasteiger partial charge in [0.1, 0.15) is 0 Å². The molecule has 4 heteroatoms. The minimum atomic E-state index is 0.666. The van der Waals surface area contributed by atoms with E-state index in [0.717, 1.165) is 13.0 Å². The van der Waals surface area contributed by atoms with Gasteiger partial charge in [-0.3, -0.25) is 0 Å². The molecule has 4 nitrogen and oxygen atoms in total. The largest absolute Gasteiger partial charge is 0.494 e. The Morgan fingerprint density at radius 1 is 1.38 bits per heavy atom. The first-order valence-electron chi connectivity index (χ1n) is 5.66. The third kappa shape index (κ3) is 2.95. The molecule has 1 aromatic heterocycles. The Morgan fingerprint density at radius 3 is 2.81 bits per heavy atom. The van der Waals surface area contributed by atoms with Crippen molar-refractivity contribution in [3.63, 3.8) is 0 Å². The summed E-state index contributed by atoms with van der Waals surface area (Å²) in [7, 11) is 1.61. The summed E-state index contributed by atoms with van der Waals surface area (Å²) in [6, 6.07) is 0. The van der Waals surface area contributed by atoms with E-state index < -0.39 is 0 Å². The summed E-state index contributed by atoms with van der Waals surface area (Å²) in [6.07, 6.45) is 10.6. The van der Waals surface area contributed by atoms with E-state index in [-0.39, 0.29) is 0 Å². The van der Waals surface area contributed by atoms with Gasteiger partial charge in [0.2, 0.25) is 5.95 Å². The van der Waals surface area contributed by atoms with Crippen LogP contribution in [0.3, 0.4) is 0 Å². The van der Waals surface area contributed by atoms with E-state index >= 15 is 0 Å². The van der Waals surface area contributed by atoms with Crippen molar-refractivity contribution < 1.29 is 4.74 Å². The van der Waals surface area contributed by atoms with Crippen molar-refractivity contribution in [2.24, 2.45) is 0 Å². The first kappa shape index (κ1) is 10.9. The average molecular weight is 219 g/mol. The van der Waals surface area contributed by atoms with Crippen LogP contribution in [0.5, 0.6) is 5.75 Å². The van der Waals surface area contributed by atoms with Crippen molar-refractivity contribution in [3.05, 3.63) is 24.0 Å². The normalized spacial score (nSPS) is 14.7. The number of aromatic nitrogens is 2. The molecular formula is C12H17N3O. The third-order valence-electron chi connectivity index (χ3n) is 2.73. The van der Waals surface area contributed by atoms with E-state index in [1.165, 1.54) is 19.3 Å². The zero-order valence-electron chi connectivity index (χ0n) is 9.57. The highest BCUT2D eigenvalue weighted by Gasteiger charge is 2.04. The highest BCUT2D eigenvalue weighted by molar-refractivity contribution is 5.27. The van der Waals surface area contributed by atoms with Crippen molar-refractivity contribution in [3.8, 4) is 5.75 Å². The fraction of sp³-hybridized carbons (Fsp3) is 0.500. The Kier molecular flexibility index (Phi) is 3.75. The van der Waals surface area contributed by atoms with Crippen LogP contribution in [0.4, 0.5) is 5.95 Å². The van der Waals surface area contributed by atoms with Crippen LogP contribution in [0.2, 0.25) is 0 Å². The Bertz CT molecular complexity index is 359. The van der Waals surface area contributed by atoms with Crippen molar-refractivity contribution in [2.45, 2.75) is 25.7 Å². The van der Waals surface area contributed by atoms with Crippen molar-refractivity contribution in [2.75, 3.05) is 19.0 Å². The molecule has 0 saturated heterocycles. The van der Waals surface area contributed by atoms with Gasteiger partial charge in [-0.25, -0.2) is 9.97 Å². The number of ether oxygens (including phenoxy) is 1. The molecule has 2 rings (SSSR count). The van der Waals surface area contributed by atoms with E-state index in [1.54, 1.807) is 25.1 Å². The molecule has 0 aliphatic heterocycles. The Labute approximate surface area is 95.8 Å². The van der Waals surface area contributed by atoms with Gasteiger partial charge in [0.25, 0.3) is 0 Å². The lowest BCUT2D eigenvalue weighted by Crippen LogP contribution is -2.05. The molecule has 0 amide bonds. The topological polar surface area (TPSA) is 47.0 Å². The SMILES string of the molecule is COc1cnc(NCCC2=CCCC2)nc1. The fourth-order valence-corrected chi connectivity index (χ4v) is 1.81. The predicted octanol–water partition coefficient (Wildman–Crippen LogP) is 2.40. The summed E-state index contributed by atoms with van der Waals surface area (Å²) in [4.78, 5) is 8.29. The molecule has 0 atom stereocenters. The smallest absolute Gasteiger partial charge is 0.222 e. The second-order valence-electron chi connectivity index (χ2n) is 3.88. The molecule has 0 bridgehead atoms. The molecule has 1 aromatic rings. The van der Waals surface area contributed by atoms with Gasteiger partial charge in [0.15, 0.2) is 5.75 Å². The Morgan fingerprint density at radius 2 is 2.19 bits per heavy atom. The van der Waals surface area contributed by atoms with E-state index in [4.69, 9.17) is 4.74 Å². The number of rotatable bonds is 5. The number of hydrogen-bond donors (Lipinski definition) is 1. The van der Waals surface area contributed by atoms with Gasteiger partial charge in [-0.2, -0.15) is 0 Å². The molecule has 86 valence electrons. The number of nitrogens with one attached hydrogen (secondary N) is 1. The minimum absolute atomic E-state index is 0.666. The second-order valence-corrected chi connectivity index (χ2v) is 3.88. The lowest BCUT2D eigenvalue weighted by molar-refractivity contribution is 0.411. The van der Waals surface area contributed by atoms with Crippen LogP contribution in [0, 0.1) is 0 Å². The summed E-state index contributed by atoms with van der Waals surface area (Å²) in [5.74, 6) is 1.35. The predicted molar refractivity (Wildman–Crippen MR) is 63.6 cm³/mol. The standard InChI is InChI=1S/C12H17N3O/c1-16-11-8-14-12(15-9-11)13-7-6-10-4-2-3-5-10/h4,8-9H,2-3,5-7H2,1H3,(H,13,14,15). The summed E-state index contributed by atoms with van der Waals surface area (Å²) in [5, 5.41) is 3.20. The van der Waals surface area contributed by atoms with Gasteiger partial charge < -0.3 is 10.1 Å². The number of anilines is 1. The summed E-state index contributed by atoms with van der Waals surface area (Å²) in [6.45, 7) is 0.901. The average Bonchev–Trinajstić information content (AvgIpc) is 2.83. The van der Waals surface area contributed by atoms with E-state index in [2.05, 4.69) is 21.4 Å². The Hall–Kier alpha value is -1.58. The van der Waals surface area contributed by atoms with E-state index in [1.807, 2.05) is 0 Å². The van der Waals surface area contributed by atoms with Gasteiger partial charge in [-0.1, -0.05) is 11.6 Å². The van der Waals surface area contributed by atoms with Crippen molar-refractivity contribution in [1.82, 2.24) is 9.97 Å². The quantitative estimate of drug-likeness (QED) is 0.772. The molecule has 1 aliphatic rings. The van der Waals surface area contributed by atoms with Crippen LogP contribution in [-0.2, 0) is 0 Å². The van der Waals surface area contributed by atoms with Gasteiger partial charge >= 0.3 is 0 Å². The first-order chi connectivity index (χ1) is 7.88. The number of hydrogen-bond acceptors (Lipinski definition) is 4. The summed E-state index contributed by atoms with van der Waals surface area (Å²) in [5.41, 5.74) is 1.56. The van der Waals surface area contributed by atoms with Crippen LogP contribution in [0.25, 0.3) is 0 Å². The van der Waals surface area contributed by atoms with Crippen LogP contribution in [0.1, 0.15) is 25.7 Å². The molecule has 0 unspecified atom stereocenters. The number of methoxy groups -OCH3 is 1. The second kappa shape index (κ2) is 5.49. The lowest BCUT2D eigenvalue weighted by Gasteiger charge is -2.05. The highest BCUT2D eigenvalue weighted by Crippen LogP contribution is 2.20. The molecule has 1 heterocycles. The van der Waals surface area contributed by atoms with Gasteiger partial charge in [0.05, 0.1) is 19.5 Å². The summed E-state index contributed by atoms with van der Waals surface area (Å²) < 4.78 is 4.99. The molecular weight excluding hydrogens is 202 g/mol. The monoisotopic (exact) mass is 219 g/mol. The van der Waals surface area contributed by atoms with E-state index in [9.17, 15) is 0 Å². The Balaban J connectivity index is 1.76. The van der Waals surface area contributed by atoms with Crippen LogP contribution in [-0.4, -0.2) is 23.6 Å². The zero-order chi connectivity index (χ0) is 11.2. The summed E-state index contributed by atoms with van der Waals surface area (Å²) >= 11 is 0. The number of nitrogens with zero attached hydrogens (tertiary/aromatic N) is 2. The molecule has 0 spiro atoms. The van der Waals surface area contributed by atoms with Gasteiger partial charge in [0, 0.05) is 6.54 Å². The molecule has 0 saturated carbocycles. The van der Waals surface area contributed by atoms with Crippen LogP contribution >= 0.6 is 0 Å². The molecule has 16 heavy (non-hydrogen) atoms. The third-order valence-corrected chi connectivity index (χ3v) is 2.73. The molecule has 0 radical (unpaired) electrons. The molecule has 1 aliphatic carbocycles. The minimum Gasteiger partial charge on any atom is -0.494 e. The van der Waals surface area contributed by atoms with Gasteiger partial charge in [-0.15, -0.1) is 0 Å².